The summed E-state index contributed by atoms with van der Waals surface area (Å²) in [7, 11) is 1.37. The van der Waals surface area contributed by atoms with Crippen molar-refractivity contribution in [1.29, 1.82) is 0 Å². The maximum Gasteiger partial charge on any atom is 0.306 e. The number of ether oxygens (including phenoxy) is 1. The zero-order valence-corrected chi connectivity index (χ0v) is 11.0. The Labute approximate surface area is 108 Å². The van der Waals surface area contributed by atoms with Gasteiger partial charge in [0.25, 0.3) is 5.91 Å². The fourth-order valence-electron chi connectivity index (χ4n) is 1.15. The highest BCUT2D eigenvalue weighted by atomic mass is 32.2. The standard InChI is InChI=1S/C10H14N2O3S2/c1-15-8(13)3-4-16-6-7-2-5-17-9(7)10(14)12-11/h2,5H,3-4,6,11H2,1H3,(H,12,14). The van der Waals surface area contributed by atoms with Crippen molar-refractivity contribution in [1.82, 2.24) is 5.43 Å². The Balaban J connectivity index is 2.39. The third kappa shape index (κ3) is 4.37. The van der Waals surface area contributed by atoms with Crippen molar-refractivity contribution in [2.45, 2.75) is 12.2 Å². The second kappa shape index (κ2) is 7.31. The first-order chi connectivity index (χ1) is 8.19. The SMILES string of the molecule is COC(=O)CCSCc1ccsc1C(=O)NN. The highest BCUT2D eigenvalue weighted by molar-refractivity contribution is 7.98. The van der Waals surface area contributed by atoms with Crippen LogP contribution < -0.4 is 11.3 Å². The molecule has 0 aliphatic carbocycles. The van der Waals surface area contributed by atoms with E-state index in [0.717, 1.165) is 5.56 Å². The minimum atomic E-state index is -0.274. The molecule has 7 heteroatoms. The molecule has 0 atom stereocenters. The van der Waals surface area contributed by atoms with Crippen molar-refractivity contribution >= 4 is 35.0 Å². The first kappa shape index (κ1) is 14.0. The van der Waals surface area contributed by atoms with Gasteiger partial charge in [-0.1, -0.05) is 0 Å². The zero-order chi connectivity index (χ0) is 12.7. The average Bonchev–Trinajstić information content (AvgIpc) is 2.81. The van der Waals surface area contributed by atoms with Gasteiger partial charge in [-0.25, -0.2) is 5.84 Å². The van der Waals surface area contributed by atoms with Gasteiger partial charge in [-0.15, -0.1) is 11.3 Å². The van der Waals surface area contributed by atoms with Gasteiger partial charge in [-0.3, -0.25) is 15.0 Å². The van der Waals surface area contributed by atoms with Crippen molar-refractivity contribution in [3.05, 3.63) is 21.9 Å². The number of nitrogen functional groups attached to an aromatic ring is 1. The van der Waals surface area contributed by atoms with E-state index >= 15 is 0 Å². The topological polar surface area (TPSA) is 81.4 Å². The number of hydrogen-bond acceptors (Lipinski definition) is 6. The van der Waals surface area contributed by atoms with Crippen molar-refractivity contribution < 1.29 is 14.3 Å². The predicted octanol–water partition coefficient (Wildman–Crippen LogP) is 1.15. The van der Waals surface area contributed by atoms with Crippen LogP contribution in [-0.4, -0.2) is 24.7 Å². The van der Waals surface area contributed by atoms with E-state index in [1.54, 1.807) is 11.8 Å². The highest BCUT2D eigenvalue weighted by Gasteiger charge is 2.11. The molecule has 1 rings (SSSR count). The van der Waals surface area contributed by atoms with Crippen LogP contribution in [0.3, 0.4) is 0 Å². The molecule has 1 aromatic rings. The molecule has 94 valence electrons. The lowest BCUT2D eigenvalue weighted by Gasteiger charge is -2.02. The van der Waals surface area contributed by atoms with Crippen molar-refractivity contribution in [3.63, 3.8) is 0 Å². The van der Waals surface area contributed by atoms with Crippen LogP contribution in [0.15, 0.2) is 11.4 Å². The molecule has 0 aromatic carbocycles. The second-order valence-electron chi connectivity index (χ2n) is 3.13. The normalized spacial score (nSPS) is 10.0. The average molecular weight is 274 g/mol. The van der Waals surface area contributed by atoms with E-state index in [4.69, 9.17) is 5.84 Å². The molecular formula is C10H14N2O3S2. The Bertz CT molecular complexity index is 393. The molecule has 1 heterocycles. The van der Waals surface area contributed by atoms with Crippen LogP contribution in [0.25, 0.3) is 0 Å². The zero-order valence-electron chi connectivity index (χ0n) is 9.39. The molecule has 0 fully saturated rings. The Morgan fingerprint density at radius 1 is 1.59 bits per heavy atom. The van der Waals surface area contributed by atoms with Crippen LogP contribution in [0.1, 0.15) is 21.7 Å². The van der Waals surface area contributed by atoms with Gasteiger partial charge in [-0.05, 0) is 17.0 Å². The minimum Gasteiger partial charge on any atom is -0.469 e. The van der Waals surface area contributed by atoms with E-state index in [-0.39, 0.29) is 11.9 Å². The molecule has 1 amide bonds. The number of carbonyl (C=O) groups excluding carboxylic acids is 2. The number of hydrogen-bond donors (Lipinski definition) is 2. The summed E-state index contributed by atoms with van der Waals surface area (Å²) in [6.45, 7) is 0. The van der Waals surface area contributed by atoms with Gasteiger partial charge in [0.05, 0.1) is 18.4 Å². The fraction of sp³-hybridized carbons (Fsp3) is 0.400. The van der Waals surface area contributed by atoms with E-state index in [0.29, 0.717) is 22.8 Å². The predicted molar refractivity (Wildman–Crippen MR) is 68.8 cm³/mol. The van der Waals surface area contributed by atoms with Gasteiger partial charge < -0.3 is 4.74 Å². The van der Waals surface area contributed by atoms with Crippen molar-refractivity contribution in [2.75, 3.05) is 12.9 Å². The summed E-state index contributed by atoms with van der Waals surface area (Å²) in [5.74, 6) is 5.95. The largest absolute Gasteiger partial charge is 0.469 e. The van der Waals surface area contributed by atoms with Crippen LogP contribution in [0.5, 0.6) is 0 Å². The molecular weight excluding hydrogens is 260 g/mol. The summed E-state index contributed by atoms with van der Waals surface area (Å²) < 4.78 is 4.54. The fourth-order valence-corrected chi connectivity index (χ4v) is 2.99. The number of methoxy groups -OCH3 is 1. The minimum absolute atomic E-state index is 0.220. The summed E-state index contributed by atoms with van der Waals surface area (Å²) in [4.78, 5) is 22.9. The molecule has 0 unspecified atom stereocenters. The molecule has 0 radical (unpaired) electrons. The Kier molecular flexibility index (Phi) is 6.03. The van der Waals surface area contributed by atoms with E-state index in [1.165, 1.54) is 18.4 Å². The lowest BCUT2D eigenvalue weighted by atomic mass is 10.3. The van der Waals surface area contributed by atoms with E-state index in [2.05, 4.69) is 10.2 Å². The van der Waals surface area contributed by atoms with Crippen LogP contribution in [-0.2, 0) is 15.3 Å². The van der Waals surface area contributed by atoms with Crippen molar-refractivity contribution in [2.24, 2.45) is 5.84 Å². The third-order valence-corrected chi connectivity index (χ3v) is 3.98. The highest BCUT2D eigenvalue weighted by Crippen LogP contribution is 2.22. The van der Waals surface area contributed by atoms with Gasteiger partial charge in [-0.2, -0.15) is 11.8 Å². The summed E-state index contributed by atoms with van der Waals surface area (Å²) in [5.41, 5.74) is 3.05. The lowest BCUT2D eigenvalue weighted by molar-refractivity contribution is -0.140. The lowest BCUT2D eigenvalue weighted by Crippen LogP contribution is -2.29. The number of amides is 1. The maximum absolute atomic E-state index is 11.4. The summed E-state index contributed by atoms with van der Waals surface area (Å²) in [5, 5.41) is 1.85. The maximum atomic E-state index is 11.4. The summed E-state index contributed by atoms with van der Waals surface area (Å²) in [6, 6.07) is 1.89. The van der Waals surface area contributed by atoms with Gasteiger partial charge >= 0.3 is 5.97 Å². The quantitative estimate of drug-likeness (QED) is 0.267. The van der Waals surface area contributed by atoms with Gasteiger partial charge in [0.1, 0.15) is 0 Å². The monoisotopic (exact) mass is 274 g/mol. The number of nitrogens with one attached hydrogen (secondary N) is 1. The number of carbonyl (C=O) groups is 2. The van der Waals surface area contributed by atoms with Crippen LogP contribution in [0.4, 0.5) is 0 Å². The molecule has 0 spiro atoms. The summed E-state index contributed by atoms with van der Waals surface area (Å²) >= 11 is 2.94. The van der Waals surface area contributed by atoms with Gasteiger partial charge in [0.2, 0.25) is 0 Å². The molecule has 1 aromatic heterocycles. The van der Waals surface area contributed by atoms with E-state index in [9.17, 15) is 9.59 Å². The van der Waals surface area contributed by atoms with Crippen LogP contribution in [0.2, 0.25) is 0 Å². The van der Waals surface area contributed by atoms with Gasteiger partial charge in [0, 0.05) is 11.5 Å². The Morgan fingerprint density at radius 3 is 3.00 bits per heavy atom. The van der Waals surface area contributed by atoms with Gasteiger partial charge in [0.15, 0.2) is 0 Å². The Morgan fingerprint density at radius 2 is 2.35 bits per heavy atom. The third-order valence-electron chi connectivity index (χ3n) is 2.02. The van der Waals surface area contributed by atoms with Crippen LogP contribution >= 0.6 is 23.1 Å². The molecule has 17 heavy (non-hydrogen) atoms. The number of nitrogens with two attached hydrogens (primary N) is 1. The summed E-state index contributed by atoms with van der Waals surface area (Å²) in [6.07, 6.45) is 0.379. The van der Waals surface area contributed by atoms with E-state index < -0.39 is 0 Å². The molecule has 3 N–H and O–H groups in total. The van der Waals surface area contributed by atoms with Crippen LogP contribution in [0, 0.1) is 0 Å². The number of esters is 1. The first-order valence-corrected chi connectivity index (χ1v) is 6.94. The Hall–Kier alpha value is -1.05. The first-order valence-electron chi connectivity index (χ1n) is 4.91. The molecule has 5 nitrogen and oxygen atoms in total. The number of hydrazine groups is 1. The molecule has 0 aliphatic heterocycles. The molecule has 0 saturated heterocycles. The van der Waals surface area contributed by atoms with Crippen molar-refractivity contribution in [3.8, 4) is 0 Å². The number of rotatable bonds is 6. The second-order valence-corrected chi connectivity index (χ2v) is 5.15. The molecule has 0 aliphatic rings. The molecule has 0 bridgehead atoms. The smallest absolute Gasteiger partial charge is 0.306 e. The van der Waals surface area contributed by atoms with E-state index in [1.807, 2.05) is 11.4 Å². The number of thioether (sulfide) groups is 1. The number of thiophene rings is 1. The molecule has 0 saturated carbocycles.